The molecule has 1 saturated heterocycles. The van der Waals surface area contributed by atoms with Gasteiger partial charge in [0.05, 0.1) is 11.3 Å². The molecule has 1 fully saturated rings. The fraction of sp³-hybridized carbons (Fsp3) is 0.632. The number of nitrogens with zero attached hydrogens (tertiary/aromatic N) is 1. The van der Waals surface area contributed by atoms with Gasteiger partial charge in [0.2, 0.25) is 15.9 Å². The van der Waals surface area contributed by atoms with E-state index in [1.807, 2.05) is 0 Å². The van der Waals surface area contributed by atoms with Crippen LogP contribution in [0.1, 0.15) is 45.1 Å². The molecular weight excluding hydrogens is 350 g/mol. The zero-order valence-electron chi connectivity index (χ0n) is 15.6. The molecule has 2 heterocycles. The normalized spacial score (nSPS) is 19.4. The SMILES string of the molecule is CC(C)CC(CNS(=O)(=O)c1ccc2c(c1)CC(=O)N2)N1CCCCC1. The van der Waals surface area contributed by atoms with Gasteiger partial charge in [-0.25, -0.2) is 13.1 Å². The second-order valence-electron chi connectivity index (χ2n) is 7.78. The average molecular weight is 380 g/mol. The number of carbonyl (C=O) groups excluding carboxylic acids is 1. The molecular formula is C19H29N3O3S. The van der Waals surface area contributed by atoms with E-state index in [0.29, 0.717) is 18.2 Å². The molecule has 0 bridgehead atoms. The van der Waals surface area contributed by atoms with Crippen molar-refractivity contribution >= 4 is 21.6 Å². The van der Waals surface area contributed by atoms with E-state index in [4.69, 9.17) is 0 Å². The third kappa shape index (κ3) is 4.64. The van der Waals surface area contributed by atoms with Gasteiger partial charge in [-0.3, -0.25) is 9.69 Å². The lowest BCUT2D eigenvalue weighted by atomic mass is 10.00. The van der Waals surface area contributed by atoms with E-state index in [1.54, 1.807) is 18.2 Å². The van der Waals surface area contributed by atoms with E-state index in [1.165, 1.54) is 19.3 Å². The summed E-state index contributed by atoms with van der Waals surface area (Å²) in [6.45, 7) is 6.87. The molecule has 7 heteroatoms. The van der Waals surface area contributed by atoms with Crippen LogP contribution in [0.15, 0.2) is 23.1 Å². The molecule has 1 amide bonds. The lowest BCUT2D eigenvalue weighted by Gasteiger charge is -2.35. The van der Waals surface area contributed by atoms with Crippen molar-refractivity contribution < 1.29 is 13.2 Å². The minimum Gasteiger partial charge on any atom is -0.326 e. The van der Waals surface area contributed by atoms with Crippen LogP contribution in [-0.2, 0) is 21.2 Å². The van der Waals surface area contributed by atoms with Gasteiger partial charge in [0.25, 0.3) is 0 Å². The molecule has 144 valence electrons. The zero-order valence-corrected chi connectivity index (χ0v) is 16.4. The number of piperidine rings is 1. The predicted octanol–water partition coefficient (Wildman–Crippen LogP) is 2.36. The van der Waals surface area contributed by atoms with Gasteiger partial charge in [-0.1, -0.05) is 20.3 Å². The number of hydrogen-bond donors (Lipinski definition) is 2. The van der Waals surface area contributed by atoms with Crippen molar-refractivity contribution in [2.24, 2.45) is 5.92 Å². The molecule has 26 heavy (non-hydrogen) atoms. The van der Waals surface area contributed by atoms with Crippen molar-refractivity contribution in [1.82, 2.24) is 9.62 Å². The number of amides is 1. The number of carbonyl (C=O) groups is 1. The van der Waals surface area contributed by atoms with Crippen LogP contribution in [0.4, 0.5) is 5.69 Å². The highest BCUT2D eigenvalue weighted by Gasteiger charge is 2.25. The maximum Gasteiger partial charge on any atom is 0.240 e. The van der Waals surface area contributed by atoms with Gasteiger partial charge in [0.15, 0.2) is 0 Å². The molecule has 0 aromatic heterocycles. The van der Waals surface area contributed by atoms with Crippen LogP contribution in [0.5, 0.6) is 0 Å². The minimum atomic E-state index is -3.58. The summed E-state index contributed by atoms with van der Waals surface area (Å²) in [5.41, 5.74) is 1.45. The molecule has 6 nitrogen and oxygen atoms in total. The fourth-order valence-electron chi connectivity index (χ4n) is 3.85. The molecule has 2 N–H and O–H groups in total. The van der Waals surface area contributed by atoms with Crippen molar-refractivity contribution in [1.29, 1.82) is 0 Å². The smallest absolute Gasteiger partial charge is 0.240 e. The van der Waals surface area contributed by atoms with E-state index in [2.05, 4.69) is 28.8 Å². The molecule has 1 atom stereocenters. The summed E-state index contributed by atoms with van der Waals surface area (Å²) in [4.78, 5) is 14.1. The second kappa shape index (κ2) is 8.06. The van der Waals surface area contributed by atoms with Gasteiger partial charge in [0, 0.05) is 18.3 Å². The van der Waals surface area contributed by atoms with Crippen molar-refractivity contribution in [3.63, 3.8) is 0 Å². The molecule has 0 aliphatic carbocycles. The first-order valence-electron chi connectivity index (χ1n) is 9.51. The average Bonchev–Trinajstić information content (AvgIpc) is 2.98. The Morgan fingerprint density at radius 3 is 2.62 bits per heavy atom. The zero-order chi connectivity index (χ0) is 18.7. The fourth-order valence-corrected chi connectivity index (χ4v) is 4.97. The molecule has 1 aromatic carbocycles. The standard InChI is InChI=1S/C19H29N3O3S/c1-14(2)10-16(22-8-4-3-5-9-22)13-20-26(24,25)17-6-7-18-15(11-17)12-19(23)21-18/h6-7,11,14,16,20H,3-5,8-10,12-13H2,1-2H3,(H,21,23). The van der Waals surface area contributed by atoms with Crippen LogP contribution < -0.4 is 10.0 Å². The Morgan fingerprint density at radius 1 is 1.19 bits per heavy atom. The third-order valence-electron chi connectivity index (χ3n) is 5.17. The molecule has 3 rings (SSSR count). The lowest BCUT2D eigenvalue weighted by Crippen LogP contribution is -2.46. The van der Waals surface area contributed by atoms with Crippen LogP contribution >= 0.6 is 0 Å². The van der Waals surface area contributed by atoms with Crippen molar-refractivity contribution in [2.45, 2.75) is 56.9 Å². The molecule has 1 aromatic rings. The van der Waals surface area contributed by atoms with Crippen molar-refractivity contribution in [3.05, 3.63) is 23.8 Å². The van der Waals surface area contributed by atoms with Gasteiger partial charge >= 0.3 is 0 Å². The van der Waals surface area contributed by atoms with E-state index < -0.39 is 10.0 Å². The first-order chi connectivity index (χ1) is 12.3. The second-order valence-corrected chi connectivity index (χ2v) is 9.54. The third-order valence-corrected chi connectivity index (χ3v) is 6.59. The number of nitrogens with one attached hydrogen (secondary N) is 2. The Bertz CT molecular complexity index is 755. The maximum absolute atomic E-state index is 12.8. The first kappa shape index (κ1) is 19.3. The van der Waals surface area contributed by atoms with Gasteiger partial charge in [-0.15, -0.1) is 0 Å². The minimum absolute atomic E-state index is 0.0930. The summed E-state index contributed by atoms with van der Waals surface area (Å²) < 4.78 is 28.3. The summed E-state index contributed by atoms with van der Waals surface area (Å²) in [6, 6.07) is 5.06. The van der Waals surface area contributed by atoms with Crippen molar-refractivity contribution in [3.8, 4) is 0 Å². The van der Waals surface area contributed by atoms with Crippen molar-refractivity contribution in [2.75, 3.05) is 25.0 Å². The quantitative estimate of drug-likeness (QED) is 0.762. The number of likely N-dealkylation sites (tertiary alicyclic amines) is 1. The van der Waals surface area contributed by atoms with E-state index in [0.717, 1.165) is 25.1 Å². The van der Waals surface area contributed by atoms with E-state index in [9.17, 15) is 13.2 Å². The van der Waals surface area contributed by atoms with Crippen LogP contribution in [-0.4, -0.2) is 44.9 Å². The summed E-state index contributed by atoms with van der Waals surface area (Å²) in [5.74, 6) is 0.424. The van der Waals surface area contributed by atoms with E-state index in [-0.39, 0.29) is 23.3 Å². The van der Waals surface area contributed by atoms with Gasteiger partial charge in [-0.2, -0.15) is 0 Å². The molecule has 1 unspecified atom stereocenters. The summed E-state index contributed by atoms with van der Waals surface area (Å²) >= 11 is 0. The molecule has 2 aliphatic rings. The highest BCUT2D eigenvalue weighted by Crippen LogP contribution is 2.26. The molecule has 0 spiro atoms. The maximum atomic E-state index is 12.8. The van der Waals surface area contributed by atoms with Crippen LogP contribution in [0.3, 0.4) is 0 Å². The van der Waals surface area contributed by atoms with Gasteiger partial charge in [0.1, 0.15) is 0 Å². The van der Waals surface area contributed by atoms with E-state index >= 15 is 0 Å². The topological polar surface area (TPSA) is 78.5 Å². The Labute approximate surface area is 156 Å². The number of anilines is 1. The predicted molar refractivity (Wildman–Crippen MR) is 103 cm³/mol. The van der Waals surface area contributed by atoms with Gasteiger partial charge < -0.3 is 5.32 Å². The highest BCUT2D eigenvalue weighted by atomic mass is 32.2. The molecule has 2 aliphatic heterocycles. The monoisotopic (exact) mass is 379 g/mol. The Kier molecular flexibility index (Phi) is 5.99. The summed E-state index contributed by atoms with van der Waals surface area (Å²) in [6.07, 6.45) is 4.85. The summed E-state index contributed by atoms with van der Waals surface area (Å²) in [5, 5.41) is 2.73. The number of benzene rings is 1. The number of sulfonamides is 1. The highest BCUT2D eigenvalue weighted by molar-refractivity contribution is 7.89. The largest absolute Gasteiger partial charge is 0.326 e. The van der Waals surface area contributed by atoms with Crippen LogP contribution in [0, 0.1) is 5.92 Å². The molecule has 0 radical (unpaired) electrons. The lowest BCUT2D eigenvalue weighted by molar-refractivity contribution is -0.115. The Morgan fingerprint density at radius 2 is 1.92 bits per heavy atom. The van der Waals surface area contributed by atoms with Crippen LogP contribution in [0.2, 0.25) is 0 Å². The van der Waals surface area contributed by atoms with Gasteiger partial charge in [-0.05, 0) is 62.0 Å². The Balaban J connectivity index is 1.69. The number of fused-ring (bicyclic) bond motifs is 1. The molecule has 0 saturated carbocycles. The van der Waals surface area contributed by atoms with Crippen LogP contribution in [0.25, 0.3) is 0 Å². The number of hydrogen-bond acceptors (Lipinski definition) is 4. The first-order valence-corrected chi connectivity index (χ1v) is 11.0. The number of rotatable bonds is 7. The Hall–Kier alpha value is -1.44. The summed E-state index contributed by atoms with van der Waals surface area (Å²) in [7, 11) is -3.58.